The molecule has 104 valence electrons. The summed E-state index contributed by atoms with van der Waals surface area (Å²) in [5.41, 5.74) is 6.34. The van der Waals surface area contributed by atoms with Crippen LogP contribution < -0.4 is 10.6 Å². The highest BCUT2D eigenvalue weighted by molar-refractivity contribution is 5.87. The van der Waals surface area contributed by atoms with Gasteiger partial charge in [0.1, 0.15) is 0 Å². The number of rotatable bonds is 3. The van der Waals surface area contributed by atoms with Gasteiger partial charge in [-0.2, -0.15) is 0 Å². The van der Waals surface area contributed by atoms with Crippen LogP contribution in [0.25, 0.3) is 0 Å². The van der Waals surface area contributed by atoms with Gasteiger partial charge in [0.15, 0.2) is 11.5 Å². The number of nitrogens with two attached hydrogens (primary N) is 1. The number of anilines is 2. The smallest absolute Gasteiger partial charge is 0.354 e. The second-order valence-electron chi connectivity index (χ2n) is 4.79. The van der Waals surface area contributed by atoms with E-state index in [9.17, 15) is 9.90 Å². The van der Waals surface area contributed by atoms with Crippen molar-refractivity contribution in [1.29, 1.82) is 0 Å². The van der Waals surface area contributed by atoms with E-state index in [-0.39, 0.29) is 18.3 Å². The summed E-state index contributed by atoms with van der Waals surface area (Å²) in [4.78, 5) is 17.1. The minimum atomic E-state index is -1.07. The van der Waals surface area contributed by atoms with Crippen LogP contribution >= 0.6 is 0 Å². The number of nitrogen functional groups attached to an aromatic ring is 1. The van der Waals surface area contributed by atoms with E-state index < -0.39 is 5.97 Å². The summed E-state index contributed by atoms with van der Waals surface area (Å²) in [5, 5.41) is 18.5. The Bertz CT molecular complexity index is 464. The highest BCUT2D eigenvalue weighted by atomic mass is 16.4. The SMILES string of the molecule is Nc1ccc(C(=O)O)nc1N1CCCCCC1CO. The molecule has 1 aromatic rings. The van der Waals surface area contributed by atoms with Crippen molar-refractivity contribution in [1.82, 2.24) is 4.98 Å². The van der Waals surface area contributed by atoms with Gasteiger partial charge in [0.25, 0.3) is 0 Å². The fraction of sp³-hybridized carbons (Fsp3) is 0.538. The molecule has 1 aliphatic heterocycles. The summed E-state index contributed by atoms with van der Waals surface area (Å²) in [5.74, 6) is -0.600. The Morgan fingerprint density at radius 3 is 2.89 bits per heavy atom. The Kier molecular flexibility index (Phi) is 4.21. The molecule has 0 aliphatic carbocycles. The summed E-state index contributed by atoms with van der Waals surface area (Å²) in [6, 6.07) is 2.92. The molecule has 6 heteroatoms. The number of carboxylic acid groups (broad SMARTS) is 1. The molecule has 0 radical (unpaired) electrons. The number of aliphatic hydroxyl groups excluding tert-OH is 1. The summed E-state index contributed by atoms with van der Waals surface area (Å²) in [7, 11) is 0. The minimum Gasteiger partial charge on any atom is -0.477 e. The number of aromatic carboxylic acids is 1. The predicted molar refractivity (Wildman–Crippen MR) is 72.3 cm³/mol. The van der Waals surface area contributed by atoms with Gasteiger partial charge < -0.3 is 20.8 Å². The Morgan fingerprint density at radius 1 is 1.42 bits per heavy atom. The number of pyridine rings is 1. The van der Waals surface area contributed by atoms with Crippen molar-refractivity contribution < 1.29 is 15.0 Å². The van der Waals surface area contributed by atoms with E-state index in [1.54, 1.807) is 6.07 Å². The molecule has 1 unspecified atom stereocenters. The lowest BCUT2D eigenvalue weighted by atomic mass is 10.1. The zero-order valence-corrected chi connectivity index (χ0v) is 10.7. The van der Waals surface area contributed by atoms with Crippen LogP contribution in [0.1, 0.15) is 36.2 Å². The second kappa shape index (κ2) is 5.88. The Labute approximate surface area is 111 Å². The molecule has 1 atom stereocenters. The molecule has 0 amide bonds. The topological polar surface area (TPSA) is 99.7 Å². The van der Waals surface area contributed by atoms with Crippen molar-refractivity contribution in [3.63, 3.8) is 0 Å². The minimum absolute atomic E-state index is 0.0230. The first kappa shape index (κ1) is 13.6. The lowest BCUT2D eigenvalue weighted by Gasteiger charge is -2.30. The van der Waals surface area contributed by atoms with E-state index in [0.29, 0.717) is 11.5 Å². The molecule has 0 spiro atoms. The number of nitrogens with zero attached hydrogens (tertiary/aromatic N) is 2. The first-order chi connectivity index (χ1) is 9.13. The zero-order valence-electron chi connectivity index (χ0n) is 10.7. The van der Waals surface area contributed by atoms with E-state index in [0.717, 1.165) is 32.2 Å². The van der Waals surface area contributed by atoms with E-state index in [2.05, 4.69) is 4.98 Å². The van der Waals surface area contributed by atoms with Crippen molar-refractivity contribution in [2.45, 2.75) is 31.7 Å². The van der Waals surface area contributed by atoms with Crippen LogP contribution in [0, 0.1) is 0 Å². The molecular formula is C13H19N3O3. The van der Waals surface area contributed by atoms with Crippen molar-refractivity contribution >= 4 is 17.5 Å². The largest absolute Gasteiger partial charge is 0.477 e. The number of aromatic nitrogens is 1. The first-order valence-electron chi connectivity index (χ1n) is 6.51. The second-order valence-corrected chi connectivity index (χ2v) is 4.79. The normalized spacial score (nSPS) is 20.1. The molecule has 6 nitrogen and oxygen atoms in total. The van der Waals surface area contributed by atoms with Gasteiger partial charge in [0, 0.05) is 6.54 Å². The molecule has 1 aromatic heterocycles. The average molecular weight is 265 g/mol. The molecule has 0 aromatic carbocycles. The van der Waals surface area contributed by atoms with Crippen molar-refractivity contribution in [2.24, 2.45) is 0 Å². The number of carbonyl (C=O) groups is 1. The van der Waals surface area contributed by atoms with Crippen LogP contribution in [0.15, 0.2) is 12.1 Å². The lowest BCUT2D eigenvalue weighted by Crippen LogP contribution is -2.38. The lowest BCUT2D eigenvalue weighted by molar-refractivity contribution is 0.0690. The van der Waals surface area contributed by atoms with E-state index in [1.165, 1.54) is 6.07 Å². The number of hydrogen-bond acceptors (Lipinski definition) is 5. The van der Waals surface area contributed by atoms with Gasteiger partial charge >= 0.3 is 5.97 Å². The van der Waals surface area contributed by atoms with Crippen LogP contribution in [-0.2, 0) is 0 Å². The van der Waals surface area contributed by atoms with E-state index in [4.69, 9.17) is 10.8 Å². The Balaban J connectivity index is 2.36. The standard InChI is InChI=1S/C13H19N3O3/c14-10-5-6-11(13(18)19)15-12(10)16-7-3-1-2-4-9(16)8-17/h5-6,9,17H,1-4,7-8,14H2,(H,18,19). The van der Waals surface area contributed by atoms with Gasteiger partial charge in [-0.25, -0.2) is 9.78 Å². The highest BCUT2D eigenvalue weighted by Gasteiger charge is 2.24. The molecule has 1 fully saturated rings. The maximum absolute atomic E-state index is 11.0. The maximum Gasteiger partial charge on any atom is 0.354 e. The Hall–Kier alpha value is -1.82. The number of aliphatic hydroxyl groups is 1. The predicted octanol–water partition coefficient (Wildman–Crippen LogP) is 1.10. The van der Waals surface area contributed by atoms with Crippen molar-refractivity contribution in [3.8, 4) is 0 Å². The van der Waals surface area contributed by atoms with Gasteiger partial charge in [-0.05, 0) is 25.0 Å². The molecular weight excluding hydrogens is 246 g/mol. The van der Waals surface area contributed by atoms with Gasteiger partial charge in [-0.15, -0.1) is 0 Å². The quantitative estimate of drug-likeness (QED) is 0.757. The van der Waals surface area contributed by atoms with Crippen LogP contribution in [-0.4, -0.2) is 40.4 Å². The molecule has 2 heterocycles. The summed E-state index contributed by atoms with van der Waals surface area (Å²) in [6.07, 6.45) is 4.02. The molecule has 4 N–H and O–H groups in total. The summed E-state index contributed by atoms with van der Waals surface area (Å²) < 4.78 is 0. The fourth-order valence-electron chi connectivity index (χ4n) is 2.45. The monoisotopic (exact) mass is 265 g/mol. The van der Waals surface area contributed by atoms with Crippen LogP contribution in [0.5, 0.6) is 0 Å². The highest BCUT2D eigenvalue weighted by Crippen LogP contribution is 2.27. The molecule has 0 saturated carbocycles. The molecule has 1 aliphatic rings. The summed E-state index contributed by atoms with van der Waals surface area (Å²) >= 11 is 0. The fourth-order valence-corrected chi connectivity index (χ4v) is 2.45. The van der Waals surface area contributed by atoms with Crippen LogP contribution in [0.4, 0.5) is 11.5 Å². The van der Waals surface area contributed by atoms with Crippen molar-refractivity contribution in [3.05, 3.63) is 17.8 Å². The molecule has 0 bridgehead atoms. The number of carboxylic acids is 1. The van der Waals surface area contributed by atoms with Crippen LogP contribution in [0.2, 0.25) is 0 Å². The third-order valence-corrected chi connectivity index (χ3v) is 3.48. The molecule has 1 saturated heterocycles. The molecule has 19 heavy (non-hydrogen) atoms. The van der Waals surface area contributed by atoms with Crippen molar-refractivity contribution in [2.75, 3.05) is 23.8 Å². The van der Waals surface area contributed by atoms with Gasteiger partial charge in [0.05, 0.1) is 18.3 Å². The van der Waals surface area contributed by atoms with Crippen LogP contribution in [0.3, 0.4) is 0 Å². The Morgan fingerprint density at radius 2 is 2.21 bits per heavy atom. The van der Waals surface area contributed by atoms with E-state index >= 15 is 0 Å². The van der Waals surface area contributed by atoms with E-state index in [1.807, 2.05) is 4.90 Å². The van der Waals surface area contributed by atoms with Gasteiger partial charge in [0.2, 0.25) is 0 Å². The zero-order chi connectivity index (χ0) is 13.8. The maximum atomic E-state index is 11.0. The molecule has 2 rings (SSSR count). The number of hydrogen-bond donors (Lipinski definition) is 3. The third-order valence-electron chi connectivity index (χ3n) is 3.48. The average Bonchev–Trinajstić information content (AvgIpc) is 2.64. The van der Waals surface area contributed by atoms with Gasteiger partial charge in [-0.1, -0.05) is 12.8 Å². The summed E-state index contributed by atoms with van der Waals surface area (Å²) in [6.45, 7) is 0.768. The first-order valence-corrected chi connectivity index (χ1v) is 6.51. The third kappa shape index (κ3) is 2.96. The van der Waals surface area contributed by atoms with Gasteiger partial charge in [-0.3, -0.25) is 0 Å².